The third-order valence-electron chi connectivity index (χ3n) is 3.04. The second kappa shape index (κ2) is 4.78. The Morgan fingerprint density at radius 2 is 1.89 bits per heavy atom. The number of benzene rings is 2. The van der Waals surface area contributed by atoms with Crippen molar-refractivity contribution in [1.82, 2.24) is 4.57 Å². The Morgan fingerprint density at radius 3 is 2.68 bits per heavy atom. The fourth-order valence-electron chi connectivity index (χ4n) is 2.22. The summed E-state index contributed by atoms with van der Waals surface area (Å²) in [6.45, 7) is 0.503. The minimum absolute atomic E-state index is 0.239. The van der Waals surface area contributed by atoms with Crippen molar-refractivity contribution in [3.63, 3.8) is 0 Å². The molecule has 1 nitrogen and oxygen atoms in total. The van der Waals surface area contributed by atoms with Crippen LogP contribution >= 0.6 is 15.9 Å². The predicted molar refractivity (Wildman–Crippen MR) is 75.1 cm³/mol. The van der Waals surface area contributed by atoms with Gasteiger partial charge in [0.1, 0.15) is 11.6 Å². The van der Waals surface area contributed by atoms with Crippen molar-refractivity contribution >= 4 is 26.8 Å². The maximum Gasteiger partial charge on any atom is 0.132 e. The molecule has 0 amide bonds. The van der Waals surface area contributed by atoms with Crippen LogP contribution in [-0.2, 0) is 6.54 Å². The number of nitrogens with zero attached hydrogens (tertiary/aromatic N) is 1. The Morgan fingerprint density at radius 1 is 1.05 bits per heavy atom. The Kier molecular flexibility index (Phi) is 3.11. The van der Waals surface area contributed by atoms with Crippen molar-refractivity contribution < 1.29 is 8.78 Å². The van der Waals surface area contributed by atoms with Gasteiger partial charge in [0.2, 0.25) is 0 Å². The number of fused-ring (bicyclic) bond motifs is 1. The monoisotopic (exact) mass is 321 g/mol. The quantitative estimate of drug-likeness (QED) is 0.643. The van der Waals surface area contributed by atoms with Crippen LogP contribution in [-0.4, -0.2) is 4.57 Å². The van der Waals surface area contributed by atoms with Gasteiger partial charge >= 0.3 is 0 Å². The number of rotatable bonds is 2. The topological polar surface area (TPSA) is 4.93 Å². The summed E-state index contributed by atoms with van der Waals surface area (Å²) in [5, 5.41) is 0.581. The summed E-state index contributed by atoms with van der Waals surface area (Å²) in [7, 11) is 0. The third kappa shape index (κ3) is 2.40. The van der Waals surface area contributed by atoms with Gasteiger partial charge in [-0.05, 0) is 42.0 Å². The molecule has 0 saturated heterocycles. The Balaban J connectivity index is 2.04. The SMILES string of the molecule is Fc1cc(Br)cc(Cn2ccc3c(F)cccc32)c1. The van der Waals surface area contributed by atoms with Crippen LogP contribution in [0.4, 0.5) is 8.78 Å². The molecular formula is C15H10BrF2N. The molecule has 3 aromatic rings. The van der Waals surface area contributed by atoms with Gasteiger partial charge in [-0.1, -0.05) is 22.0 Å². The first-order valence-electron chi connectivity index (χ1n) is 5.82. The maximum atomic E-state index is 13.6. The molecule has 1 aromatic heterocycles. The van der Waals surface area contributed by atoms with Crippen molar-refractivity contribution in [2.45, 2.75) is 6.54 Å². The lowest BCUT2D eigenvalue weighted by atomic mass is 10.2. The Hall–Kier alpha value is -1.68. The highest BCUT2D eigenvalue weighted by atomic mass is 79.9. The first-order valence-corrected chi connectivity index (χ1v) is 6.61. The van der Waals surface area contributed by atoms with Crippen LogP contribution in [0.25, 0.3) is 10.9 Å². The van der Waals surface area contributed by atoms with E-state index in [1.54, 1.807) is 12.1 Å². The molecule has 96 valence electrons. The Labute approximate surface area is 117 Å². The summed E-state index contributed by atoms with van der Waals surface area (Å²) in [5.74, 6) is -0.524. The third-order valence-corrected chi connectivity index (χ3v) is 3.49. The lowest BCUT2D eigenvalue weighted by Crippen LogP contribution is -1.98. The highest BCUT2D eigenvalue weighted by Crippen LogP contribution is 2.21. The molecule has 2 aromatic carbocycles. The van der Waals surface area contributed by atoms with Crippen molar-refractivity contribution in [2.75, 3.05) is 0 Å². The average molecular weight is 322 g/mol. The first kappa shape index (κ1) is 12.4. The lowest BCUT2D eigenvalue weighted by molar-refractivity contribution is 0.623. The lowest BCUT2D eigenvalue weighted by Gasteiger charge is -2.07. The number of halogens is 3. The minimum atomic E-state index is -0.285. The molecule has 0 atom stereocenters. The molecule has 3 rings (SSSR count). The molecule has 0 aliphatic rings. The Bertz CT molecular complexity index is 729. The van der Waals surface area contributed by atoms with E-state index in [1.807, 2.05) is 22.9 Å². The van der Waals surface area contributed by atoms with Gasteiger partial charge in [-0.15, -0.1) is 0 Å². The van der Waals surface area contributed by atoms with Gasteiger partial charge < -0.3 is 4.57 Å². The van der Waals surface area contributed by atoms with Gasteiger partial charge in [-0.25, -0.2) is 8.78 Å². The molecule has 4 heteroatoms. The smallest absolute Gasteiger partial charge is 0.132 e. The van der Waals surface area contributed by atoms with Crippen LogP contribution in [0, 0.1) is 11.6 Å². The zero-order chi connectivity index (χ0) is 13.4. The van der Waals surface area contributed by atoms with E-state index >= 15 is 0 Å². The summed E-state index contributed by atoms with van der Waals surface area (Å²) in [6, 6.07) is 11.5. The normalized spacial score (nSPS) is 11.1. The zero-order valence-electron chi connectivity index (χ0n) is 9.91. The van der Waals surface area contributed by atoms with E-state index in [4.69, 9.17) is 0 Å². The van der Waals surface area contributed by atoms with Crippen LogP contribution in [0.5, 0.6) is 0 Å². The van der Waals surface area contributed by atoms with Crippen LogP contribution in [0.3, 0.4) is 0 Å². The average Bonchev–Trinajstić information content (AvgIpc) is 2.73. The molecule has 0 N–H and O–H groups in total. The van der Waals surface area contributed by atoms with Crippen molar-refractivity contribution in [3.8, 4) is 0 Å². The number of aromatic nitrogens is 1. The van der Waals surface area contributed by atoms with Crippen molar-refractivity contribution in [1.29, 1.82) is 0 Å². The van der Waals surface area contributed by atoms with E-state index in [0.29, 0.717) is 16.4 Å². The summed E-state index contributed by atoms with van der Waals surface area (Å²) in [5.41, 5.74) is 1.63. The summed E-state index contributed by atoms with van der Waals surface area (Å²) in [6.07, 6.45) is 1.81. The molecule has 0 radical (unpaired) electrons. The van der Waals surface area contributed by atoms with Crippen LogP contribution in [0.15, 0.2) is 53.1 Å². The minimum Gasteiger partial charge on any atom is -0.343 e. The molecule has 0 fully saturated rings. The summed E-state index contributed by atoms with van der Waals surface area (Å²) in [4.78, 5) is 0. The van der Waals surface area contributed by atoms with Crippen LogP contribution < -0.4 is 0 Å². The fraction of sp³-hybridized carbons (Fsp3) is 0.0667. The van der Waals surface area contributed by atoms with Gasteiger partial charge in [-0.2, -0.15) is 0 Å². The molecule has 0 aliphatic heterocycles. The van der Waals surface area contributed by atoms with E-state index in [-0.39, 0.29) is 11.6 Å². The number of hydrogen-bond donors (Lipinski definition) is 0. The number of hydrogen-bond acceptors (Lipinski definition) is 0. The van der Waals surface area contributed by atoms with Gasteiger partial charge in [0.25, 0.3) is 0 Å². The van der Waals surface area contributed by atoms with Crippen molar-refractivity contribution in [3.05, 3.63) is 70.3 Å². The molecule has 0 aliphatic carbocycles. The highest BCUT2D eigenvalue weighted by Gasteiger charge is 2.06. The first-order chi connectivity index (χ1) is 9.13. The second-order valence-corrected chi connectivity index (χ2v) is 5.31. The van der Waals surface area contributed by atoms with E-state index < -0.39 is 0 Å². The molecule has 0 saturated carbocycles. The molecular weight excluding hydrogens is 312 g/mol. The molecule has 0 unspecified atom stereocenters. The standard InChI is InChI=1S/C15H10BrF2N/c16-11-6-10(7-12(17)8-11)9-19-5-4-13-14(18)2-1-3-15(13)19/h1-8H,9H2. The van der Waals surface area contributed by atoms with Gasteiger partial charge in [-0.3, -0.25) is 0 Å². The maximum absolute atomic E-state index is 13.6. The van der Waals surface area contributed by atoms with E-state index in [2.05, 4.69) is 15.9 Å². The van der Waals surface area contributed by atoms with Crippen LogP contribution in [0.2, 0.25) is 0 Å². The highest BCUT2D eigenvalue weighted by molar-refractivity contribution is 9.10. The zero-order valence-corrected chi connectivity index (χ0v) is 11.5. The largest absolute Gasteiger partial charge is 0.343 e. The summed E-state index contributed by atoms with van der Waals surface area (Å²) >= 11 is 3.27. The van der Waals surface area contributed by atoms with E-state index in [9.17, 15) is 8.78 Å². The van der Waals surface area contributed by atoms with E-state index in [1.165, 1.54) is 18.2 Å². The second-order valence-electron chi connectivity index (χ2n) is 4.39. The molecule has 0 spiro atoms. The van der Waals surface area contributed by atoms with E-state index in [0.717, 1.165) is 11.1 Å². The summed E-state index contributed by atoms with van der Waals surface area (Å²) < 4.78 is 29.5. The van der Waals surface area contributed by atoms with Crippen molar-refractivity contribution in [2.24, 2.45) is 0 Å². The van der Waals surface area contributed by atoms with Gasteiger partial charge in [0.15, 0.2) is 0 Å². The molecule has 0 bridgehead atoms. The predicted octanol–water partition coefficient (Wildman–Crippen LogP) is 4.73. The van der Waals surface area contributed by atoms with Crippen LogP contribution in [0.1, 0.15) is 5.56 Å². The van der Waals surface area contributed by atoms with Gasteiger partial charge in [0.05, 0.1) is 5.52 Å². The molecule has 19 heavy (non-hydrogen) atoms. The van der Waals surface area contributed by atoms with Gasteiger partial charge in [0, 0.05) is 22.6 Å². The molecule has 1 heterocycles. The fourth-order valence-corrected chi connectivity index (χ4v) is 2.74.